The van der Waals surface area contributed by atoms with Gasteiger partial charge in [0.15, 0.2) is 5.96 Å². The smallest absolute Gasteiger partial charge is 0.225 e. The number of carbonyl (C=O) groups excluding carboxylic acids is 1. The Balaban J connectivity index is 1.55. The van der Waals surface area contributed by atoms with Gasteiger partial charge in [-0.3, -0.25) is 9.79 Å². The molecular formula is C21H32N4O2. The Morgan fingerprint density at radius 2 is 2.11 bits per heavy atom. The number of nitrogens with one attached hydrogen (secondary N) is 2. The summed E-state index contributed by atoms with van der Waals surface area (Å²) >= 11 is 0. The number of amides is 1. The molecule has 1 saturated heterocycles. The van der Waals surface area contributed by atoms with Gasteiger partial charge in [-0.05, 0) is 25.3 Å². The Labute approximate surface area is 162 Å². The number of hydrogen-bond donors (Lipinski definition) is 2. The van der Waals surface area contributed by atoms with Gasteiger partial charge in [0.25, 0.3) is 0 Å². The molecule has 0 spiro atoms. The van der Waals surface area contributed by atoms with Crippen molar-refractivity contribution < 1.29 is 9.53 Å². The molecule has 1 amide bonds. The molecule has 1 aliphatic heterocycles. The van der Waals surface area contributed by atoms with E-state index >= 15 is 0 Å². The van der Waals surface area contributed by atoms with Crippen LogP contribution in [0.25, 0.3) is 0 Å². The van der Waals surface area contributed by atoms with Crippen LogP contribution in [0.5, 0.6) is 5.75 Å². The van der Waals surface area contributed by atoms with Gasteiger partial charge in [0.05, 0.1) is 7.11 Å². The fraction of sp³-hybridized carbons (Fsp3) is 0.619. The lowest BCUT2D eigenvalue weighted by molar-refractivity contribution is -0.133. The van der Waals surface area contributed by atoms with Crippen LogP contribution in [0, 0.1) is 5.92 Å². The number of para-hydroxylation sites is 1. The summed E-state index contributed by atoms with van der Waals surface area (Å²) in [5, 5.41) is 6.98. The van der Waals surface area contributed by atoms with Gasteiger partial charge >= 0.3 is 0 Å². The van der Waals surface area contributed by atoms with Crippen molar-refractivity contribution in [1.29, 1.82) is 0 Å². The molecule has 2 N–H and O–H groups in total. The molecule has 1 aromatic carbocycles. The zero-order valence-electron chi connectivity index (χ0n) is 16.9. The summed E-state index contributed by atoms with van der Waals surface area (Å²) in [6.45, 7) is 6.30. The van der Waals surface area contributed by atoms with Gasteiger partial charge in [0, 0.05) is 49.6 Å². The van der Waals surface area contributed by atoms with Crippen LogP contribution in [0.15, 0.2) is 29.3 Å². The SMILES string of the molecule is CN=C(NCC1(c2ccccc2OC)CC1)NC1CCN(C(=O)C(C)C)C1. The standard InChI is InChI=1S/C21H32N4O2/c1-15(2)19(26)25-12-9-16(13-25)24-20(22-3)23-14-21(10-11-21)17-7-5-6-8-18(17)27-4/h5-8,15-16H,9-14H2,1-4H3,(H2,22,23,24). The molecule has 3 rings (SSSR count). The number of hydrogen-bond acceptors (Lipinski definition) is 3. The predicted octanol–water partition coefficient (Wildman–Crippen LogP) is 2.15. The van der Waals surface area contributed by atoms with Crippen LogP contribution in [-0.2, 0) is 10.2 Å². The van der Waals surface area contributed by atoms with Crippen molar-refractivity contribution in [2.24, 2.45) is 10.9 Å². The van der Waals surface area contributed by atoms with Crippen LogP contribution < -0.4 is 15.4 Å². The summed E-state index contributed by atoms with van der Waals surface area (Å²) in [6.07, 6.45) is 3.26. The van der Waals surface area contributed by atoms with Gasteiger partial charge < -0.3 is 20.3 Å². The number of carbonyl (C=O) groups is 1. The number of likely N-dealkylation sites (tertiary alicyclic amines) is 1. The van der Waals surface area contributed by atoms with Crippen LogP contribution >= 0.6 is 0 Å². The molecule has 1 heterocycles. The molecule has 0 bridgehead atoms. The molecule has 27 heavy (non-hydrogen) atoms. The average Bonchev–Trinajstić information content (AvgIpc) is 3.34. The third-order valence-corrected chi connectivity index (χ3v) is 5.68. The maximum Gasteiger partial charge on any atom is 0.225 e. The Morgan fingerprint density at radius 3 is 2.74 bits per heavy atom. The summed E-state index contributed by atoms with van der Waals surface area (Å²) < 4.78 is 5.55. The first kappa shape index (κ1) is 19.5. The molecule has 6 heteroatoms. The second-order valence-corrected chi connectivity index (χ2v) is 7.98. The molecule has 0 aromatic heterocycles. The summed E-state index contributed by atoms with van der Waals surface area (Å²) in [5.41, 5.74) is 1.39. The first-order chi connectivity index (χ1) is 13.0. The molecule has 148 valence electrons. The minimum Gasteiger partial charge on any atom is -0.496 e. The van der Waals surface area contributed by atoms with Crippen molar-refractivity contribution in [1.82, 2.24) is 15.5 Å². The van der Waals surface area contributed by atoms with E-state index in [0.717, 1.165) is 50.6 Å². The Morgan fingerprint density at radius 1 is 1.37 bits per heavy atom. The lowest BCUT2D eigenvalue weighted by Crippen LogP contribution is -2.47. The first-order valence-electron chi connectivity index (χ1n) is 9.88. The predicted molar refractivity (Wildman–Crippen MR) is 108 cm³/mol. The highest BCUT2D eigenvalue weighted by Gasteiger charge is 2.46. The van der Waals surface area contributed by atoms with Gasteiger partial charge in [0.1, 0.15) is 5.75 Å². The molecule has 1 saturated carbocycles. The van der Waals surface area contributed by atoms with Crippen molar-refractivity contribution in [3.8, 4) is 5.75 Å². The molecule has 2 fully saturated rings. The summed E-state index contributed by atoms with van der Waals surface area (Å²) in [7, 11) is 3.52. The minimum absolute atomic E-state index is 0.0526. The Kier molecular flexibility index (Phi) is 5.92. The molecule has 6 nitrogen and oxygen atoms in total. The number of guanidine groups is 1. The minimum atomic E-state index is 0.0526. The third kappa shape index (κ3) is 4.37. The summed E-state index contributed by atoms with van der Waals surface area (Å²) in [5.74, 6) is 2.05. The van der Waals surface area contributed by atoms with Crippen LogP contribution in [0.3, 0.4) is 0 Å². The third-order valence-electron chi connectivity index (χ3n) is 5.68. The molecule has 2 aliphatic rings. The highest BCUT2D eigenvalue weighted by atomic mass is 16.5. The Hall–Kier alpha value is -2.24. The summed E-state index contributed by atoms with van der Waals surface area (Å²) in [6, 6.07) is 8.53. The van der Waals surface area contributed by atoms with Crippen LogP contribution in [-0.4, -0.2) is 56.6 Å². The molecule has 1 unspecified atom stereocenters. The topological polar surface area (TPSA) is 66.0 Å². The van der Waals surface area contributed by atoms with E-state index in [1.165, 1.54) is 5.56 Å². The maximum absolute atomic E-state index is 12.2. The van der Waals surface area contributed by atoms with Crippen molar-refractivity contribution in [2.45, 2.75) is 44.6 Å². The number of benzene rings is 1. The second kappa shape index (κ2) is 8.19. The van der Waals surface area contributed by atoms with Crippen molar-refractivity contribution in [3.05, 3.63) is 29.8 Å². The van der Waals surface area contributed by atoms with E-state index in [9.17, 15) is 4.79 Å². The largest absolute Gasteiger partial charge is 0.496 e. The van der Waals surface area contributed by atoms with Gasteiger partial charge in [-0.2, -0.15) is 0 Å². The fourth-order valence-electron chi connectivity index (χ4n) is 3.86. The molecule has 1 aliphatic carbocycles. The van der Waals surface area contributed by atoms with E-state index in [1.54, 1.807) is 14.2 Å². The van der Waals surface area contributed by atoms with Gasteiger partial charge in [-0.15, -0.1) is 0 Å². The Bertz CT molecular complexity index is 697. The lowest BCUT2D eigenvalue weighted by Gasteiger charge is -2.23. The van der Waals surface area contributed by atoms with E-state index in [-0.39, 0.29) is 23.3 Å². The first-order valence-corrected chi connectivity index (χ1v) is 9.88. The van der Waals surface area contributed by atoms with Crippen LogP contribution in [0.1, 0.15) is 38.7 Å². The number of ether oxygens (including phenoxy) is 1. The second-order valence-electron chi connectivity index (χ2n) is 7.98. The van der Waals surface area contributed by atoms with E-state index < -0.39 is 0 Å². The maximum atomic E-state index is 12.2. The van der Waals surface area contributed by atoms with E-state index in [0.29, 0.717) is 0 Å². The lowest BCUT2D eigenvalue weighted by atomic mass is 9.95. The highest BCUT2D eigenvalue weighted by molar-refractivity contribution is 5.81. The zero-order chi connectivity index (χ0) is 19.4. The van der Waals surface area contributed by atoms with Gasteiger partial charge in [-0.1, -0.05) is 32.0 Å². The zero-order valence-corrected chi connectivity index (χ0v) is 16.9. The quantitative estimate of drug-likeness (QED) is 0.593. The molecule has 1 atom stereocenters. The monoisotopic (exact) mass is 372 g/mol. The van der Waals surface area contributed by atoms with E-state index in [1.807, 2.05) is 30.9 Å². The number of methoxy groups -OCH3 is 1. The number of aliphatic imine (C=N–C) groups is 1. The van der Waals surface area contributed by atoms with Crippen molar-refractivity contribution in [2.75, 3.05) is 33.8 Å². The summed E-state index contributed by atoms with van der Waals surface area (Å²) in [4.78, 5) is 18.5. The van der Waals surface area contributed by atoms with Crippen LogP contribution in [0.2, 0.25) is 0 Å². The van der Waals surface area contributed by atoms with Crippen molar-refractivity contribution in [3.63, 3.8) is 0 Å². The number of rotatable bonds is 6. The fourth-order valence-corrected chi connectivity index (χ4v) is 3.86. The number of nitrogens with zero attached hydrogens (tertiary/aromatic N) is 2. The van der Waals surface area contributed by atoms with E-state index in [2.05, 4.69) is 27.8 Å². The van der Waals surface area contributed by atoms with Crippen LogP contribution in [0.4, 0.5) is 0 Å². The van der Waals surface area contributed by atoms with E-state index in [4.69, 9.17) is 4.74 Å². The average molecular weight is 373 g/mol. The van der Waals surface area contributed by atoms with Gasteiger partial charge in [0.2, 0.25) is 5.91 Å². The molecule has 1 aromatic rings. The molecular weight excluding hydrogens is 340 g/mol. The normalized spacial score (nSPS) is 21.3. The highest BCUT2D eigenvalue weighted by Crippen LogP contribution is 2.50. The molecule has 0 radical (unpaired) electrons. The van der Waals surface area contributed by atoms with Crippen molar-refractivity contribution >= 4 is 11.9 Å². The van der Waals surface area contributed by atoms with Gasteiger partial charge in [-0.25, -0.2) is 0 Å².